The van der Waals surface area contributed by atoms with Crippen molar-refractivity contribution in [1.82, 2.24) is 14.8 Å². The number of hydrogen-bond acceptors (Lipinski definition) is 6. The van der Waals surface area contributed by atoms with Crippen LogP contribution < -0.4 is 14.8 Å². The van der Waals surface area contributed by atoms with Gasteiger partial charge in [-0.3, -0.25) is 4.79 Å². The number of carbonyl (C=O) groups is 1. The van der Waals surface area contributed by atoms with E-state index in [0.717, 1.165) is 16.8 Å². The predicted octanol–water partition coefficient (Wildman–Crippen LogP) is 3.75. The molecule has 7 nitrogen and oxygen atoms in total. The summed E-state index contributed by atoms with van der Waals surface area (Å²) in [5.74, 6) is 2.11. The molecular weight excluding hydrogens is 388 g/mol. The van der Waals surface area contributed by atoms with Crippen molar-refractivity contribution in [3.8, 4) is 11.5 Å². The Labute approximate surface area is 174 Å². The van der Waals surface area contributed by atoms with E-state index < -0.39 is 0 Å². The SMILES string of the molecule is COc1ccccc1OCc1nnc(SCC(=O)Nc2cc(C)cc(C)c2)n1C. The summed E-state index contributed by atoms with van der Waals surface area (Å²) >= 11 is 1.33. The highest BCUT2D eigenvalue weighted by molar-refractivity contribution is 7.99. The van der Waals surface area contributed by atoms with E-state index in [1.54, 1.807) is 7.11 Å². The molecule has 0 aliphatic rings. The molecular formula is C21H24N4O3S. The lowest BCUT2D eigenvalue weighted by Crippen LogP contribution is -2.14. The van der Waals surface area contributed by atoms with Crippen molar-refractivity contribution >= 4 is 23.4 Å². The van der Waals surface area contributed by atoms with Gasteiger partial charge in [0.15, 0.2) is 22.5 Å². The van der Waals surface area contributed by atoms with Crippen molar-refractivity contribution in [3.63, 3.8) is 0 Å². The molecule has 0 unspecified atom stereocenters. The molecule has 0 spiro atoms. The molecule has 0 bridgehead atoms. The Balaban J connectivity index is 1.56. The smallest absolute Gasteiger partial charge is 0.234 e. The molecule has 1 N–H and O–H groups in total. The monoisotopic (exact) mass is 412 g/mol. The molecule has 3 rings (SSSR count). The van der Waals surface area contributed by atoms with E-state index in [2.05, 4.69) is 21.6 Å². The van der Waals surface area contributed by atoms with Crippen molar-refractivity contribution in [1.29, 1.82) is 0 Å². The maximum atomic E-state index is 12.3. The third kappa shape index (κ3) is 5.51. The number of hydrogen-bond donors (Lipinski definition) is 1. The fourth-order valence-corrected chi connectivity index (χ4v) is 3.58. The van der Waals surface area contributed by atoms with Gasteiger partial charge in [-0.2, -0.15) is 0 Å². The molecule has 2 aromatic carbocycles. The van der Waals surface area contributed by atoms with Crippen LogP contribution in [0.15, 0.2) is 47.6 Å². The zero-order valence-electron chi connectivity index (χ0n) is 16.9. The van der Waals surface area contributed by atoms with Gasteiger partial charge in [0.05, 0.1) is 12.9 Å². The first-order valence-corrected chi connectivity index (χ1v) is 10.1. The molecule has 0 aliphatic carbocycles. The van der Waals surface area contributed by atoms with Crippen molar-refractivity contribution in [2.24, 2.45) is 7.05 Å². The van der Waals surface area contributed by atoms with Crippen LogP contribution in [0.5, 0.6) is 11.5 Å². The molecule has 1 heterocycles. The van der Waals surface area contributed by atoms with Gasteiger partial charge in [-0.15, -0.1) is 10.2 Å². The number of rotatable bonds is 8. The van der Waals surface area contributed by atoms with E-state index in [1.165, 1.54) is 11.8 Å². The lowest BCUT2D eigenvalue weighted by molar-refractivity contribution is -0.113. The molecule has 8 heteroatoms. The normalized spacial score (nSPS) is 10.6. The second-order valence-electron chi connectivity index (χ2n) is 6.61. The van der Waals surface area contributed by atoms with Crippen LogP contribution in [0.25, 0.3) is 0 Å². The summed E-state index contributed by atoms with van der Waals surface area (Å²) < 4.78 is 12.9. The Kier molecular flexibility index (Phi) is 6.77. The standard InChI is InChI=1S/C21H24N4O3S/c1-14-9-15(2)11-16(10-14)22-20(26)13-29-21-24-23-19(25(21)3)12-28-18-8-6-5-7-17(18)27-4/h5-11H,12-13H2,1-4H3,(H,22,26). The van der Waals surface area contributed by atoms with Crippen LogP contribution in [0, 0.1) is 13.8 Å². The molecule has 0 atom stereocenters. The van der Waals surface area contributed by atoms with Crippen LogP contribution in [0.1, 0.15) is 17.0 Å². The highest BCUT2D eigenvalue weighted by atomic mass is 32.2. The van der Waals surface area contributed by atoms with Crippen LogP contribution in [0.4, 0.5) is 5.69 Å². The summed E-state index contributed by atoms with van der Waals surface area (Å²) in [6.07, 6.45) is 0. The third-order valence-corrected chi connectivity index (χ3v) is 5.21. The van der Waals surface area contributed by atoms with Crippen molar-refractivity contribution in [2.45, 2.75) is 25.6 Å². The van der Waals surface area contributed by atoms with Gasteiger partial charge in [-0.1, -0.05) is 30.0 Å². The van der Waals surface area contributed by atoms with E-state index >= 15 is 0 Å². The highest BCUT2D eigenvalue weighted by Crippen LogP contribution is 2.26. The number of para-hydroxylation sites is 2. The van der Waals surface area contributed by atoms with Gasteiger partial charge in [-0.05, 0) is 49.2 Å². The van der Waals surface area contributed by atoms with Crippen LogP contribution >= 0.6 is 11.8 Å². The number of ether oxygens (including phenoxy) is 2. The third-order valence-electron chi connectivity index (χ3n) is 4.19. The van der Waals surface area contributed by atoms with Crippen molar-refractivity contribution in [2.75, 3.05) is 18.2 Å². The minimum Gasteiger partial charge on any atom is -0.493 e. The molecule has 0 saturated carbocycles. The van der Waals surface area contributed by atoms with Crippen molar-refractivity contribution in [3.05, 3.63) is 59.4 Å². The molecule has 0 saturated heterocycles. The molecule has 3 aromatic rings. The topological polar surface area (TPSA) is 78.3 Å². The van der Waals surface area contributed by atoms with Crippen LogP contribution in [0.2, 0.25) is 0 Å². The second-order valence-corrected chi connectivity index (χ2v) is 7.55. The number of carbonyl (C=O) groups excluding carboxylic acids is 1. The van der Waals surface area contributed by atoms with E-state index in [1.807, 2.05) is 61.9 Å². The Morgan fingerprint density at radius 3 is 2.48 bits per heavy atom. The molecule has 29 heavy (non-hydrogen) atoms. The van der Waals surface area contributed by atoms with Crippen LogP contribution in [0.3, 0.4) is 0 Å². The average molecular weight is 413 g/mol. The van der Waals surface area contributed by atoms with Gasteiger partial charge < -0.3 is 19.4 Å². The molecule has 0 aliphatic heterocycles. The highest BCUT2D eigenvalue weighted by Gasteiger charge is 2.13. The van der Waals surface area contributed by atoms with E-state index in [4.69, 9.17) is 9.47 Å². The fraction of sp³-hybridized carbons (Fsp3) is 0.286. The molecule has 1 aromatic heterocycles. The lowest BCUT2D eigenvalue weighted by atomic mass is 10.1. The summed E-state index contributed by atoms with van der Waals surface area (Å²) in [7, 11) is 3.45. The average Bonchev–Trinajstić information content (AvgIpc) is 3.03. The number of methoxy groups -OCH3 is 1. The fourth-order valence-electron chi connectivity index (χ4n) is 2.85. The van der Waals surface area contributed by atoms with Crippen LogP contribution in [-0.4, -0.2) is 33.5 Å². The Bertz CT molecular complexity index is 983. The summed E-state index contributed by atoms with van der Waals surface area (Å²) in [4.78, 5) is 12.3. The van der Waals surface area contributed by atoms with E-state index in [-0.39, 0.29) is 18.3 Å². The first-order valence-electron chi connectivity index (χ1n) is 9.11. The lowest BCUT2D eigenvalue weighted by Gasteiger charge is -2.10. The molecule has 152 valence electrons. The molecule has 0 radical (unpaired) electrons. The zero-order valence-corrected chi connectivity index (χ0v) is 17.7. The summed E-state index contributed by atoms with van der Waals surface area (Å²) in [6.45, 7) is 4.26. The Morgan fingerprint density at radius 1 is 1.10 bits per heavy atom. The quantitative estimate of drug-likeness (QED) is 0.568. The van der Waals surface area contributed by atoms with Gasteiger partial charge in [0, 0.05) is 12.7 Å². The van der Waals surface area contributed by atoms with Crippen LogP contribution in [-0.2, 0) is 18.4 Å². The minimum atomic E-state index is -0.0881. The summed E-state index contributed by atoms with van der Waals surface area (Å²) in [6, 6.07) is 13.4. The maximum absolute atomic E-state index is 12.3. The van der Waals surface area contributed by atoms with E-state index in [9.17, 15) is 4.79 Å². The van der Waals surface area contributed by atoms with Crippen molar-refractivity contribution < 1.29 is 14.3 Å². The Morgan fingerprint density at radius 2 is 1.79 bits per heavy atom. The number of nitrogens with one attached hydrogen (secondary N) is 1. The predicted molar refractivity (Wildman–Crippen MR) is 114 cm³/mol. The summed E-state index contributed by atoms with van der Waals surface area (Å²) in [5.41, 5.74) is 3.03. The number of benzene rings is 2. The number of thioether (sulfide) groups is 1. The van der Waals surface area contributed by atoms with Gasteiger partial charge in [0.2, 0.25) is 5.91 Å². The van der Waals surface area contributed by atoms with E-state index in [0.29, 0.717) is 22.5 Å². The van der Waals surface area contributed by atoms with Gasteiger partial charge in [-0.25, -0.2) is 0 Å². The maximum Gasteiger partial charge on any atom is 0.234 e. The van der Waals surface area contributed by atoms with Gasteiger partial charge >= 0.3 is 0 Å². The first kappa shape index (κ1) is 20.7. The number of aromatic nitrogens is 3. The Hall–Kier alpha value is -3.00. The largest absolute Gasteiger partial charge is 0.493 e. The second kappa shape index (κ2) is 9.47. The number of anilines is 1. The van der Waals surface area contributed by atoms with Gasteiger partial charge in [0.25, 0.3) is 0 Å². The number of amides is 1. The number of nitrogens with zero attached hydrogens (tertiary/aromatic N) is 3. The molecule has 1 amide bonds. The van der Waals surface area contributed by atoms with Gasteiger partial charge in [0.1, 0.15) is 6.61 Å². The zero-order chi connectivity index (χ0) is 20.8. The first-order chi connectivity index (χ1) is 14.0. The minimum absolute atomic E-state index is 0.0881. The summed E-state index contributed by atoms with van der Waals surface area (Å²) in [5, 5.41) is 11.9. The number of aryl methyl sites for hydroxylation is 2. The molecule has 0 fully saturated rings.